The number of amidine groups is 1. The molecule has 1 aliphatic rings. The molecule has 0 bridgehead atoms. The van der Waals surface area contributed by atoms with Gasteiger partial charge in [0, 0.05) is 7.05 Å². The zero-order chi connectivity index (χ0) is 16.4. The van der Waals surface area contributed by atoms with Gasteiger partial charge in [-0.3, -0.25) is 9.80 Å². The molecule has 116 valence electrons. The van der Waals surface area contributed by atoms with Crippen LogP contribution in [0.25, 0.3) is 6.08 Å². The summed E-state index contributed by atoms with van der Waals surface area (Å²) < 4.78 is 13.0. The number of rotatable bonds is 2. The largest absolute Gasteiger partial charge is 0.295 e. The van der Waals surface area contributed by atoms with Crippen molar-refractivity contribution in [2.24, 2.45) is 4.99 Å². The Balaban J connectivity index is 2.02. The molecule has 5 heteroatoms. The van der Waals surface area contributed by atoms with Crippen LogP contribution in [0, 0.1) is 5.82 Å². The van der Waals surface area contributed by atoms with Crippen molar-refractivity contribution in [3.8, 4) is 0 Å². The maximum Gasteiger partial charge on any atom is 0.295 e. The Morgan fingerprint density at radius 2 is 1.70 bits per heavy atom. The standard InChI is InChI=1S/C18H16FN3O/c1-13-20-17(12-14-8-10-15(19)11-9-14)18(23)22(21(13)2)16-6-4-3-5-7-16/h3-12H,1-2H3/b17-12+. The highest BCUT2D eigenvalue weighted by molar-refractivity contribution is 6.13. The summed E-state index contributed by atoms with van der Waals surface area (Å²) in [6.45, 7) is 1.83. The molecule has 0 saturated heterocycles. The first-order chi connectivity index (χ1) is 11.1. The molecule has 3 rings (SSSR count). The van der Waals surface area contributed by atoms with Gasteiger partial charge in [0.25, 0.3) is 5.91 Å². The molecule has 1 aliphatic heterocycles. The van der Waals surface area contributed by atoms with Crippen molar-refractivity contribution in [2.45, 2.75) is 6.92 Å². The number of amides is 1. The lowest BCUT2D eigenvalue weighted by atomic mass is 10.1. The number of aliphatic imine (C=N–C) groups is 1. The number of hydrogen-bond donors (Lipinski definition) is 0. The monoisotopic (exact) mass is 309 g/mol. The smallest absolute Gasteiger partial charge is 0.268 e. The number of benzene rings is 2. The van der Waals surface area contributed by atoms with Gasteiger partial charge in [0.15, 0.2) is 0 Å². The fourth-order valence-electron chi connectivity index (χ4n) is 2.35. The van der Waals surface area contributed by atoms with E-state index in [0.29, 0.717) is 11.5 Å². The van der Waals surface area contributed by atoms with E-state index in [0.717, 1.165) is 11.3 Å². The molecule has 0 aromatic heterocycles. The minimum atomic E-state index is -0.313. The molecule has 1 heterocycles. The van der Waals surface area contributed by atoms with E-state index in [1.165, 1.54) is 12.1 Å². The van der Waals surface area contributed by atoms with Gasteiger partial charge in [0.2, 0.25) is 0 Å². The molecule has 1 amide bonds. The Hall–Kier alpha value is -2.95. The Morgan fingerprint density at radius 3 is 2.35 bits per heavy atom. The topological polar surface area (TPSA) is 35.9 Å². The lowest BCUT2D eigenvalue weighted by Crippen LogP contribution is -2.50. The molecular formula is C18H16FN3O. The van der Waals surface area contributed by atoms with E-state index in [4.69, 9.17) is 0 Å². The van der Waals surface area contributed by atoms with Gasteiger partial charge in [0.05, 0.1) is 5.69 Å². The molecule has 0 aliphatic carbocycles. The van der Waals surface area contributed by atoms with Crippen molar-refractivity contribution in [3.63, 3.8) is 0 Å². The summed E-state index contributed by atoms with van der Waals surface area (Å²) >= 11 is 0. The Morgan fingerprint density at radius 1 is 1.04 bits per heavy atom. The summed E-state index contributed by atoms with van der Waals surface area (Å²) in [6, 6.07) is 15.3. The minimum absolute atomic E-state index is 0.228. The van der Waals surface area contributed by atoms with E-state index in [9.17, 15) is 9.18 Å². The van der Waals surface area contributed by atoms with Crippen molar-refractivity contribution in [2.75, 3.05) is 12.1 Å². The summed E-state index contributed by atoms with van der Waals surface area (Å²) in [7, 11) is 1.79. The molecule has 0 unspecified atom stereocenters. The number of para-hydroxylation sites is 1. The van der Waals surface area contributed by atoms with Gasteiger partial charge in [-0.05, 0) is 42.8 Å². The second-order valence-corrected chi connectivity index (χ2v) is 5.22. The second kappa shape index (κ2) is 6.04. The number of halogens is 1. The average Bonchev–Trinajstić information content (AvgIpc) is 2.56. The van der Waals surface area contributed by atoms with Crippen molar-refractivity contribution in [1.29, 1.82) is 0 Å². The van der Waals surface area contributed by atoms with Gasteiger partial charge >= 0.3 is 0 Å². The lowest BCUT2D eigenvalue weighted by molar-refractivity contribution is -0.117. The van der Waals surface area contributed by atoms with Crippen molar-refractivity contribution in [3.05, 3.63) is 71.7 Å². The van der Waals surface area contributed by atoms with Crippen LogP contribution in [0.15, 0.2) is 65.3 Å². The molecule has 23 heavy (non-hydrogen) atoms. The maximum atomic E-state index is 13.0. The highest BCUT2D eigenvalue weighted by Gasteiger charge is 2.29. The molecule has 2 aromatic carbocycles. The Bertz CT molecular complexity index is 782. The Kier molecular flexibility index (Phi) is 3.93. The number of nitrogens with zero attached hydrogens (tertiary/aromatic N) is 3. The van der Waals surface area contributed by atoms with E-state index in [-0.39, 0.29) is 11.7 Å². The van der Waals surface area contributed by atoms with Gasteiger partial charge < -0.3 is 0 Å². The predicted molar refractivity (Wildman–Crippen MR) is 89.2 cm³/mol. The van der Waals surface area contributed by atoms with Gasteiger partial charge in [-0.15, -0.1) is 0 Å². The van der Waals surface area contributed by atoms with E-state index in [1.807, 2.05) is 37.3 Å². The van der Waals surface area contributed by atoms with Crippen LogP contribution in [0.2, 0.25) is 0 Å². The third kappa shape index (κ3) is 2.99. The van der Waals surface area contributed by atoms with Crippen molar-refractivity contribution < 1.29 is 9.18 Å². The lowest BCUT2D eigenvalue weighted by Gasteiger charge is -2.36. The molecule has 0 spiro atoms. The van der Waals surface area contributed by atoms with Crippen LogP contribution < -0.4 is 5.01 Å². The van der Waals surface area contributed by atoms with Crippen LogP contribution in [-0.4, -0.2) is 23.8 Å². The first-order valence-electron chi connectivity index (χ1n) is 7.22. The first-order valence-corrected chi connectivity index (χ1v) is 7.22. The minimum Gasteiger partial charge on any atom is -0.268 e. The molecule has 0 radical (unpaired) electrons. The number of anilines is 1. The fourth-order valence-corrected chi connectivity index (χ4v) is 2.35. The van der Waals surface area contributed by atoms with E-state index >= 15 is 0 Å². The van der Waals surface area contributed by atoms with Crippen LogP contribution in [0.4, 0.5) is 10.1 Å². The van der Waals surface area contributed by atoms with Crippen LogP contribution >= 0.6 is 0 Å². The summed E-state index contributed by atoms with van der Waals surface area (Å²) in [6.07, 6.45) is 1.66. The van der Waals surface area contributed by atoms with Gasteiger partial charge in [-0.2, -0.15) is 0 Å². The first kappa shape index (κ1) is 15.0. The number of hydrogen-bond acceptors (Lipinski definition) is 3. The van der Waals surface area contributed by atoms with Gasteiger partial charge in [-0.25, -0.2) is 14.4 Å². The maximum absolute atomic E-state index is 13.0. The molecule has 0 fully saturated rings. The van der Waals surface area contributed by atoms with Gasteiger partial charge in [0.1, 0.15) is 17.3 Å². The number of carbonyl (C=O) groups is 1. The third-order valence-corrected chi connectivity index (χ3v) is 3.64. The van der Waals surface area contributed by atoms with Crippen LogP contribution in [0.3, 0.4) is 0 Å². The van der Waals surface area contributed by atoms with E-state index in [1.54, 1.807) is 35.3 Å². The zero-order valence-electron chi connectivity index (χ0n) is 12.9. The molecule has 4 nitrogen and oxygen atoms in total. The highest BCUT2D eigenvalue weighted by Crippen LogP contribution is 2.24. The summed E-state index contributed by atoms with van der Waals surface area (Å²) in [4.78, 5) is 17.1. The molecular weight excluding hydrogens is 293 g/mol. The van der Waals surface area contributed by atoms with Gasteiger partial charge in [-0.1, -0.05) is 30.3 Å². The molecule has 2 aromatic rings. The van der Waals surface area contributed by atoms with Crippen LogP contribution in [0.1, 0.15) is 12.5 Å². The normalized spacial score (nSPS) is 16.7. The second-order valence-electron chi connectivity index (χ2n) is 5.22. The molecule has 0 N–H and O–H groups in total. The number of hydrazine groups is 1. The zero-order valence-corrected chi connectivity index (χ0v) is 12.9. The average molecular weight is 309 g/mol. The predicted octanol–water partition coefficient (Wildman–Crippen LogP) is 3.48. The van der Waals surface area contributed by atoms with Crippen molar-refractivity contribution >= 4 is 23.5 Å². The van der Waals surface area contributed by atoms with E-state index in [2.05, 4.69) is 4.99 Å². The quantitative estimate of drug-likeness (QED) is 0.796. The fraction of sp³-hybridized carbons (Fsp3) is 0.111. The van der Waals surface area contributed by atoms with Crippen LogP contribution in [0.5, 0.6) is 0 Å². The third-order valence-electron chi connectivity index (χ3n) is 3.64. The number of carbonyl (C=O) groups excluding carboxylic acids is 1. The molecule has 0 saturated carbocycles. The van der Waals surface area contributed by atoms with Crippen molar-refractivity contribution in [1.82, 2.24) is 5.01 Å². The van der Waals surface area contributed by atoms with E-state index < -0.39 is 0 Å². The summed E-state index contributed by atoms with van der Waals surface area (Å²) in [5.74, 6) is 0.155. The highest BCUT2D eigenvalue weighted by atomic mass is 19.1. The SMILES string of the molecule is CC1=N/C(=C/c2ccc(F)cc2)C(=O)N(c2ccccc2)N1C. The molecule has 0 atom stereocenters. The summed E-state index contributed by atoms with van der Waals surface area (Å²) in [5.41, 5.74) is 1.80. The summed E-state index contributed by atoms with van der Waals surface area (Å²) in [5, 5.41) is 3.28. The van der Waals surface area contributed by atoms with Crippen LogP contribution in [-0.2, 0) is 4.79 Å². The Labute approximate surface area is 134 Å².